The lowest BCUT2D eigenvalue weighted by Gasteiger charge is -2.05. The predicted molar refractivity (Wildman–Crippen MR) is 61.5 cm³/mol. The molecule has 3 nitrogen and oxygen atoms in total. The highest BCUT2D eigenvalue weighted by Crippen LogP contribution is 2.16. The van der Waals surface area contributed by atoms with Crippen LogP contribution in [-0.4, -0.2) is 9.97 Å². The molecule has 2 aromatic rings. The van der Waals surface area contributed by atoms with Crippen LogP contribution in [0.15, 0.2) is 30.3 Å². The van der Waals surface area contributed by atoms with Crippen molar-refractivity contribution in [3.8, 4) is 0 Å². The summed E-state index contributed by atoms with van der Waals surface area (Å²) in [4.78, 5) is 8.11. The van der Waals surface area contributed by atoms with E-state index in [0.717, 1.165) is 5.69 Å². The van der Waals surface area contributed by atoms with Crippen LogP contribution in [0, 0.1) is 12.7 Å². The van der Waals surface area contributed by atoms with Gasteiger partial charge in [0.25, 0.3) is 0 Å². The molecular formula is C11H9ClFN3. The summed E-state index contributed by atoms with van der Waals surface area (Å²) in [6.07, 6.45) is 0. The topological polar surface area (TPSA) is 37.8 Å². The lowest BCUT2D eigenvalue weighted by molar-refractivity contribution is 0.628. The fourth-order valence-corrected chi connectivity index (χ4v) is 1.52. The fraction of sp³-hybridized carbons (Fsp3) is 0.0909. The molecule has 0 radical (unpaired) electrons. The molecular weight excluding hydrogens is 229 g/mol. The summed E-state index contributed by atoms with van der Waals surface area (Å²) in [5.74, 6) is 0.0411. The van der Waals surface area contributed by atoms with Gasteiger partial charge in [0.05, 0.1) is 0 Å². The standard InChI is InChI=1S/C11H9ClFN3/c1-7-5-10(12)16-11(14-7)15-9-4-2-3-8(13)6-9/h2-6H,1H3,(H,14,15,16). The van der Waals surface area contributed by atoms with E-state index in [1.807, 2.05) is 6.92 Å². The van der Waals surface area contributed by atoms with Crippen LogP contribution in [0.4, 0.5) is 16.0 Å². The van der Waals surface area contributed by atoms with Crippen molar-refractivity contribution in [2.45, 2.75) is 6.92 Å². The van der Waals surface area contributed by atoms with Crippen molar-refractivity contribution in [3.05, 3.63) is 47.0 Å². The van der Waals surface area contributed by atoms with Crippen molar-refractivity contribution in [1.82, 2.24) is 9.97 Å². The molecule has 0 unspecified atom stereocenters. The Kier molecular flexibility index (Phi) is 3.01. The maximum absolute atomic E-state index is 12.9. The van der Waals surface area contributed by atoms with E-state index < -0.39 is 0 Å². The first-order valence-electron chi connectivity index (χ1n) is 4.67. The van der Waals surface area contributed by atoms with Gasteiger partial charge in [0.1, 0.15) is 11.0 Å². The summed E-state index contributed by atoms with van der Waals surface area (Å²) in [5, 5.41) is 3.23. The number of rotatable bonds is 2. The Bertz CT molecular complexity index is 496. The van der Waals surface area contributed by atoms with Gasteiger partial charge in [-0.3, -0.25) is 0 Å². The van der Waals surface area contributed by atoms with Crippen molar-refractivity contribution >= 4 is 23.2 Å². The summed E-state index contributed by atoms with van der Waals surface area (Å²) in [5.41, 5.74) is 1.33. The highest BCUT2D eigenvalue weighted by Gasteiger charge is 2.01. The van der Waals surface area contributed by atoms with Crippen LogP contribution in [-0.2, 0) is 0 Å². The molecule has 0 aliphatic carbocycles. The van der Waals surface area contributed by atoms with E-state index in [-0.39, 0.29) is 5.82 Å². The average Bonchev–Trinajstić information content (AvgIpc) is 2.15. The Morgan fingerprint density at radius 2 is 2.06 bits per heavy atom. The number of hydrogen-bond acceptors (Lipinski definition) is 3. The number of aromatic nitrogens is 2. The molecule has 0 fully saturated rings. The van der Waals surface area contributed by atoms with Gasteiger partial charge in [-0.2, -0.15) is 0 Å². The zero-order valence-electron chi connectivity index (χ0n) is 8.54. The van der Waals surface area contributed by atoms with Gasteiger partial charge in [0.2, 0.25) is 5.95 Å². The van der Waals surface area contributed by atoms with E-state index in [1.165, 1.54) is 12.1 Å². The maximum atomic E-state index is 12.9. The number of anilines is 2. The third kappa shape index (κ3) is 2.67. The molecule has 16 heavy (non-hydrogen) atoms. The van der Waals surface area contributed by atoms with Crippen molar-refractivity contribution in [2.24, 2.45) is 0 Å². The lowest BCUT2D eigenvalue weighted by atomic mass is 10.3. The Labute approximate surface area is 97.3 Å². The summed E-state index contributed by atoms with van der Waals surface area (Å²) in [7, 11) is 0. The Morgan fingerprint density at radius 1 is 1.25 bits per heavy atom. The Balaban J connectivity index is 2.27. The van der Waals surface area contributed by atoms with E-state index >= 15 is 0 Å². The number of nitrogens with one attached hydrogen (secondary N) is 1. The molecule has 0 spiro atoms. The monoisotopic (exact) mass is 237 g/mol. The second-order valence-electron chi connectivity index (χ2n) is 3.29. The van der Waals surface area contributed by atoms with E-state index in [4.69, 9.17) is 11.6 Å². The van der Waals surface area contributed by atoms with Gasteiger partial charge in [-0.15, -0.1) is 0 Å². The van der Waals surface area contributed by atoms with E-state index in [0.29, 0.717) is 16.8 Å². The summed E-state index contributed by atoms with van der Waals surface area (Å²) in [6.45, 7) is 1.81. The van der Waals surface area contributed by atoms with Gasteiger partial charge >= 0.3 is 0 Å². The lowest BCUT2D eigenvalue weighted by Crippen LogP contribution is -1.98. The van der Waals surface area contributed by atoms with Gasteiger partial charge in [-0.1, -0.05) is 17.7 Å². The van der Waals surface area contributed by atoms with Crippen LogP contribution in [0.5, 0.6) is 0 Å². The van der Waals surface area contributed by atoms with Gasteiger partial charge in [-0.05, 0) is 31.2 Å². The molecule has 2 rings (SSSR count). The number of halogens is 2. The minimum absolute atomic E-state index is 0.316. The fourth-order valence-electron chi connectivity index (χ4n) is 1.28. The molecule has 1 N–H and O–H groups in total. The SMILES string of the molecule is Cc1cc(Cl)nc(Nc2cccc(F)c2)n1. The second-order valence-corrected chi connectivity index (χ2v) is 3.68. The van der Waals surface area contributed by atoms with E-state index in [1.54, 1.807) is 18.2 Å². The van der Waals surface area contributed by atoms with Crippen molar-refractivity contribution in [1.29, 1.82) is 0 Å². The number of benzene rings is 1. The van der Waals surface area contributed by atoms with Crippen LogP contribution < -0.4 is 5.32 Å². The van der Waals surface area contributed by atoms with Crippen LogP contribution >= 0.6 is 11.6 Å². The zero-order chi connectivity index (χ0) is 11.5. The minimum Gasteiger partial charge on any atom is -0.324 e. The quantitative estimate of drug-likeness (QED) is 0.815. The molecule has 0 atom stereocenters. The summed E-state index contributed by atoms with van der Waals surface area (Å²) < 4.78 is 12.9. The molecule has 0 aliphatic heterocycles. The van der Waals surface area contributed by atoms with E-state index in [9.17, 15) is 4.39 Å². The minimum atomic E-state index is -0.316. The summed E-state index contributed by atoms with van der Waals surface area (Å²) in [6, 6.07) is 7.71. The van der Waals surface area contributed by atoms with Gasteiger partial charge in [0, 0.05) is 11.4 Å². The first kappa shape index (κ1) is 10.8. The molecule has 0 saturated heterocycles. The molecule has 1 heterocycles. The molecule has 5 heteroatoms. The Hall–Kier alpha value is -1.68. The number of nitrogens with zero attached hydrogens (tertiary/aromatic N) is 2. The van der Waals surface area contributed by atoms with Gasteiger partial charge in [-0.25, -0.2) is 14.4 Å². The molecule has 0 saturated carbocycles. The van der Waals surface area contributed by atoms with Crippen molar-refractivity contribution in [2.75, 3.05) is 5.32 Å². The number of hydrogen-bond donors (Lipinski definition) is 1. The van der Waals surface area contributed by atoms with Crippen molar-refractivity contribution in [3.63, 3.8) is 0 Å². The highest BCUT2D eigenvalue weighted by atomic mass is 35.5. The molecule has 1 aromatic heterocycles. The van der Waals surface area contributed by atoms with Gasteiger partial charge < -0.3 is 5.32 Å². The average molecular weight is 238 g/mol. The van der Waals surface area contributed by atoms with E-state index in [2.05, 4.69) is 15.3 Å². The first-order chi connectivity index (χ1) is 7.63. The number of aryl methyl sites for hydroxylation is 1. The summed E-state index contributed by atoms with van der Waals surface area (Å²) >= 11 is 5.78. The van der Waals surface area contributed by atoms with Crippen LogP contribution in [0.1, 0.15) is 5.69 Å². The molecule has 82 valence electrons. The maximum Gasteiger partial charge on any atom is 0.228 e. The van der Waals surface area contributed by atoms with Crippen molar-refractivity contribution < 1.29 is 4.39 Å². The highest BCUT2D eigenvalue weighted by molar-refractivity contribution is 6.29. The van der Waals surface area contributed by atoms with Crippen LogP contribution in [0.3, 0.4) is 0 Å². The molecule has 0 amide bonds. The largest absolute Gasteiger partial charge is 0.324 e. The second kappa shape index (κ2) is 4.45. The zero-order valence-corrected chi connectivity index (χ0v) is 9.29. The molecule has 0 bridgehead atoms. The van der Waals surface area contributed by atoms with Gasteiger partial charge in [0.15, 0.2) is 0 Å². The Morgan fingerprint density at radius 3 is 2.75 bits per heavy atom. The smallest absolute Gasteiger partial charge is 0.228 e. The first-order valence-corrected chi connectivity index (χ1v) is 5.05. The third-order valence-electron chi connectivity index (χ3n) is 1.90. The third-order valence-corrected chi connectivity index (χ3v) is 2.10. The van der Waals surface area contributed by atoms with Crippen LogP contribution in [0.25, 0.3) is 0 Å². The molecule has 1 aromatic carbocycles. The normalized spacial score (nSPS) is 10.2. The predicted octanol–water partition coefficient (Wildman–Crippen LogP) is 3.32. The van der Waals surface area contributed by atoms with Crippen LogP contribution in [0.2, 0.25) is 5.15 Å². The molecule has 0 aliphatic rings.